The van der Waals surface area contributed by atoms with Crippen molar-refractivity contribution in [2.24, 2.45) is 0 Å². The van der Waals surface area contributed by atoms with E-state index in [1.807, 2.05) is 0 Å². The van der Waals surface area contributed by atoms with Crippen molar-refractivity contribution in [3.63, 3.8) is 0 Å². The molecule has 27 heavy (non-hydrogen) atoms. The average molecular weight is 374 g/mol. The van der Waals surface area contributed by atoms with Gasteiger partial charge in [-0.15, -0.1) is 0 Å². The Morgan fingerprint density at radius 3 is 2.78 bits per heavy atom. The van der Waals surface area contributed by atoms with Crippen molar-refractivity contribution in [3.8, 4) is 0 Å². The van der Waals surface area contributed by atoms with Gasteiger partial charge in [-0.3, -0.25) is 9.59 Å². The van der Waals surface area contributed by atoms with Gasteiger partial charge in [0.2, 0.25) is 11.8 Å². The molecule has 144 valence electrons. The number of aromatic nitrogens is 2. The molecular weight excluding hydrogens is 351 g/mol. The Morgan fingerprint density at radius 1 is 1.30 bits per heavy atom. The Labute approximate surface area is 157 Å². The van der Waals surface area contributed by atoms with Crippen LogP contribution in [0, 0.1) is 12.7 Å². The first kappa shape index (κ1) is 19.0. The van der Waals surface area contributed by atoms with E-state index in [-0.39, 0.29) is 30.6 Å². The second-order valence-electron chi connectivity index (χ2n) is 6.64. The standard InChI is InChI=1S/C19H23FN4O3/c1-3-17(25)24-9-5-8-23(12-16(24)19-21-13(2)22-27-19)18(26)11-14-6-4-7-15(20)10-14/h4,6-7,10,16H,3,5,8-9,11-12H2,1-2H3. The quantitative estimate of drug-likeness (QED) is 0.820. The molecular formula is C19H23FN4O3. The summed E-state index contributed by atoms with van der Waals surface area (Å²) < 4.78 is 18.7. The van der Waals surface area contributed by atoms with Gasteiger partial charge in [0.1, 0.15) is 11.9 Å². The Kier molecular flexibility index (Phi) is 5.83. The molecule has 1 fully saturated rings. The number of benzene rings is 1. The van der Waals surface area contributed by atoms with Crippen LogP contribution in [0.3, 0.4) is 0 Å². The summed E-state index contributed by atoms with van der Waals surface area (Å²) in [5.74, 6) is 0.313. The number of rotatable bonds is 4. The molecule has 1 aromatic heterocycles. The lowest BCUT2D eigenvalue weighted by molar-refractivity contribution is -0.136. The third-order valence-corrected chi connectivity index (χ3v) is 4.64. The zero-order chi connectivity index (χ0) is 19.4. The molecule has 2 aromatic rings. The number of nitrogens with zero attached hydrogens (tertiary/aromatic N) is 4. The van der Waals surface area contributed by atoms with Crippen LogP contribution in [0.5, 0.6) is 0 Å². The van der Waals surface area contributed by atoms with E-state index in [4.69, 9.17) is 4.52 Å². The third-order valence-electron chi connectivity index (χ3n) is 4.64. The summed E-state index contributed by atoms with van der Waals surface area (Å²) in [4.78, 5) is 32.9. The van der Waals surface area contributed by atoms with E-state index in [0.717, 1.165) is 0 Å². The first-order chi connectivity index (χ1) is 13.0. The fourth-order valence-corrected chi connectivity index (χ4v) is 3.31. The topological polar surface area (TPSA) is 79.5 Å². The normalized spacial score (nSPS) is 17.7. The summed E-state index contributed by atoms with van der Waals surface area (Å²) in [6, 6.07) is 5.55. The van der Waals surface area contributed by atoms with E-state index in [0.29, 0.717) is 43.2 Å². The number of hydrogen-bond acceptors (Lipinski definition) is 5. The number of halogens is 1. The van der Waals surface area contributed by atoms with E-state index in [2.05, 4.69) is 10.1 Å². The van der Waals surface area contributed by atoms with Crippen molar-refractivity contribution in [1.82, 2.24) is 19.9 Å². The maximum Gasteiger partial charge on any atom is 0.251 e. The highest BCUT2D eigenvalue weighted by atomic mass is 19.1. The van der Waals surface area contributed by atoms with Crippen LogP contribution in [-0.2, 0) is 16.0 Å². The van der Waals surface area contributed by atoms with Crippen LogP contribution in [0.2, 0.25) is 0 Å². The first-order valence-electron chi connectivity index (χ1n) is 9.09. The van der Waals surface area contributed by atoms with Crippen LogP contribution < -0.4 is 0 Å². The molecule has 3 rings (SSSR count). The summed E-state index contributed by atoms with van der Waals surface area (Å²) in [7, 11) is 0. The van der Waals surface area contributed by atoms with Gasteiger partial charge in [-0.2, -0.15) is 4.98 Å². The molecule has 1 saturated heterocycles. The van der Waals surface area contributed by atoms with Gasteiger partial charge in [0.25, 0.3) is 5.89 Å². The predicted molar refractivity (Wildman–Crippen MR) is 95.1 cm³/mol. The van der Waals surface area contributed by atoms with E-state index in [1.165, 1.54) is 12.1 Å². The fourth-order valence-electron chi connectivity index (χ4n) is 3.31. The molecule has 1 aromatic carbocycles. The third kappa shape index (κ3) is 4.50. The molecule has 1 aliphatic rings. The van der Waals surface area contributed by atoms with Crippen molar-refractivity contribution < 1.29 is 18.5 Å². The number of aryl methyl sites for hydroxylation is 1. The van der Waals surface area contributed by atoms with Gasteiger partial charge in [-0.05, 0) is 31.0 Å². The fraction of sp³-hybridized carbons (Fsp3) is 0.474. The molecule has 0 N–H and O–H groups in total. The van der Waals surface area contributed by atoms with Gasteiger partial charge in [-0.25, -0.2) is 4.39 Å². The minimum absolute atomic E-state index is 0.0183. The van der Waals surface area contributed by atoms with E-state index >= 15 is 0 Å². The molecule has 2 amide bonds. The van der Waals surface area contributed by atoms with Crippen LogP contribution in [-0.4, -0.2) is 51.4 Å². The Morgan fingerprint density at radius 2 is 2.11 bits per heavy atom. The molecule has 0 saturated carbocycles. The number of carbonyl (C=O) groups is 2. The molecule has 2 heterocycles. The summed E-state index contributed by atoms with van der Waals surface area (Å²) in [5, 5.41) is 3.82. The average Bonchev–Trinajstić information content (AvgIpc) is 2.95. The highest BCUT2D eigenvalue weighted by Crippen LogP contribution is 2.25. The molecule has 0 aliphatic carbocycles. The minimum Gasteiger partial charge on any atom is -0.340 e. The van der Waals surface area contributed by atoms with E-state index in [1.54, 1.807) is 35.8 Å². The van der Waals surface area contributed by atoms with E-state index in [9.17, 15) is 14.0 Å². The highest BCUT2D eigenvalue weighted by Gasteiger charge is 2.34. The summed E-state index contributed by atoms with van der Waals surface area (Å²) >= 11 is 0. The van der Waals surface area contributed by atoms with E-state index < -0.39 is 6.04 Å². The Balaban J connectivity index is 1.80. The lowest BCUT2D eigenvalue weighted by Crippen LogP contribution is -2.40. The van der Waals surface area contributed by atoms with Gasteiger partial charge in [0.15, 0.2) is 5.82 Å². The van der Waals surface area contributed by atoms with Crippen molar-refractivity contribution in [2.75, 3.05) is 19.6 Å². The number of amides is 2. The largest absolute Gasteiger partial charge is 0.340 e. The molecule has 8 heteroatoms. The molecule has 7 nitrogen and oxygen atoms in total. The molecule has 1 atom stereocenters. The zero-order valence-electron chi connectivity index (χ0n) is 15.5. The molecule has 1 aliphatic heterocycles. The van der Waals surface area contributed by atoms with Gasteiger partial charge in [0.05, 0.1) is 13.0 Å². The summed E-state index contributed by atoms with van der Waals surface area (Å²) in [6.07, 6.45) is 1.13. The van der Waals surface area contributed by atoms with Crippen LogP contribution in [0.25, 0.3) is 0 Å². The molecule has 0 spiro atoms. The lowest BCUT2D eigenvalue weighted by Gasteiger charge is -2.29. The van der Waals surface area contributed by atoms with Gasteiger partial charge in [-0.1, -0.05) is 24.2 Å². The van der Waals surface area contributed by atoms with Crippen molar-refractivity contribution in [3.05, 3.63) is 47.4 Å². The maximum atomic E-state index is 13.4. The highest BCUT2D eigenvalue weighted by molar-refractivity contribution is 5.79. The summed E-state index contributed by atoms with van der Waals surface area (Å²) in [6.45, 7) is 4.83. The van der Waals surface area contributed by atoms with Gasteiger partial charge < -0.3 is 14.3 Å². The summed E-state index contributed by atoms with van der Waals surface area (Å²) in [5.41, 5.74) is 0.621. The van der Waals surface area contributed by atoms with Crippen molar-refractivity contribution in [1.29, 1.82) is 0 Å². The first-order valence-corrected chi connectivity index (χ1v) is 9.09. The second kappa shape index (κ2) is 8.28. The monoisotopic (exact) mass is 374 g/mol. The smallest absolute Gasteiger partial charge is 0.251 e. The SMILES string of the molecule is CCC(=O)N1CCCN(C(=O)Cc2cccc(F)c2)CC1c1nc(C)no1. The minimum atomic E-state index is -0.474. The predicted octanol–water partition coefficient (Wildman–Crippen LogP) is 2.27. The van der Waals surface area contributed by atoms with Gasteiger partial charge in [0, 0.05) is 19.5 Å². The van der Waals surface area contributed by atoms with Crippen LogP contribution in [0.4, 0.5) is 4.39 Å². The number of hydrogen-bond donors (Lipinski definition) is 0. The van der Waals surface area contributed by atoms with Crippen LogP contribution in [0.1, 0.15) is 43.1 Å². The van der Waals surface area contributed by atoms with Crippen LogP contribution in [0.15, 0.2) is 28.8 Å². The Hall–Kier alpha value is -2.77. The molecule has 1 unspecified atom stereocenters. The molecule has 0 bridgehead atoms. The number of carbonyl (C=O) groups excluding carboxylic acids is 2. The zero-order valence-corrected chi connectivity index (χ0v) is 15.5. The second-order valence-corrected chi connectivity index (χ2v) is 6.64. The van der Waals surface area contributed by atoms with Crippen molar-refractivity contribution in [2.45, 2.75) is 39.2 Å². The Bertz CT molecular complexity index is 823. The maximum absolute atomic E-state index is 13.4. The van der Waals surface area contributed by atoms with Crippen LogP contribution >= 0.6 is 0 Å². The van der Waals surface area contributed by atoms with Gasteiger partial charge >= 0.3 is 0 Å². The molecule has 0 radical (unpaired) electrons. The lowest BCUT2D eigenvalue weighted by atomic mass is 10.1. The van der Waals surface area contributed by atoms with Crippen molar-refractivity contribution >= 4 is 11.8 Å².